The van der Waals surface area contributed by atoms with Gasteiger partial charge in [0.2, 0.25) is 29.9 Å². The number of aliphatic carboxylic acids is 1. The molecule has 0 saturated carbocycles. The number of hydrogen-bond donors (Lipinski definition) is 11. The lowest BCUT2D eigenvalue weighted by Gasteiger charge is -2.38. The van der Waals surface area contributed by atoms with Crippen LogP contribution in [0.3, 0.4) is 0 Å². The van der Waals surface area contributed by atoms with Crippen LogP contribution in [0.1, 0.15) is 138 Å². The highest BCUT2D eigenvalue weighted by atomic mass is 32.7. The lowest BCUT2D eigenvalue weighted by atomic mass is 9.99. The van der Waals surface area contributed by atoms with Gasteiger partial charge in [0.15, 0.2) is 42.4 Å². The second-order valence-electron chi connectivity index (χ2n) is 28.7. The van der Waals surface area contributed by atoms with Crippen molar-refractivity contribution in [2.45, 2.75) is 202 Å². The molecule has 642 valence electrons. The fourth-order valence-electron chi connectivity index (χ4n) is 13.4. The predicted molar refractivity (Wildman–Crippen MR) is 412 cm³/mol. The molecule has 8 heterocycles. The number of aromatic amines is 1. The molecule has 3 aromatic heterocycles. The number of nitrogen functional groups attached to an aromatic ring is 1. The lowest BCUT2D eigenvalue weighted by molar-refractivity contribution is -0.271. The summed E-state index contributed by atoms with van der Waals surface area (Å²) < 4.78 is 126. The molecule has 5 fully saturated rings. The van der Waals surface area contributed by atoms with Crippen LogP contribution in [-0.4, -0.2) is 220 Å². The van der Waals surface area contributed by atoms with Gasteiger partial charge in [-0.05, 0) is 109 Å². The number of unbranched alkanes of at least 4 members (excludes halogenated alkanes) is 9. The number of phosphoric acid groups is 1. The van der Waals surface area contributed by atoms with Crippen LogP contribution in [0.4, 0.5) is 25.1 Å². The highest BCUT2D eigenvalue weighted by Crippen LogP contribution is 2.65. The third-order valence-corrected chi connectivity index (χ3v) is 24.4. The quantitative estimate of drug-likeness (QED) is 0.00734. The lowest BCUT2D eigenvalue weighted by Crippen LogP contribution is -2.61. The van der Waals surface area contributed by atoms with E-state index in [0.717, 1.165) is 80.9 Å². The molecule has 0 radical (unpaired) electrons. The number of ether oxygens (including phenoxy) is 7. The number of halogens is 2. The first-order valence-corrected chi connectivity index (χ1v) is 43.0. The van der Waals surface area contributed by atoms with E-state index in [2.05, 4.69) is 36.2 Å². The van der Waals surface area contributed by atoms with Crippen LogP contribution < -0.4 is 52.5 Å². The minimum Gasteiger partial charge on any atom is -0.494 e. The predicted octanol–water partition coefficient (Wildman–Crippen LogP) is 5.68. The Morgan fingerprint density at radius 3 is 2.06 bits per heavy atom. The molecular formula is C74H94F2N12O27P2S. The number of alkyl halides is 2. The molecule has 16 atom stereocenters. The number of imidazole rings is 1. The fourth-order valence-corrected chi connectivity index (χ4v) is 17.8. The van der Waals surface area contributed by atoms with Crippen molar-refractivity contribution in [3.8, 4) is 17.2 Å². The number of carboxylic acids is 1. The van der Waals surface area contributed by atoms with Gasteiger partial charge in [0.25, 0.3) is 5.56 Å². The number of carboxylic acid groups (broad SMARTS) is 1. The number of hydrogen-bond acceptors (Lipinski definition) is 31. The van der Waals surface area contributed by atoms with Crippen LogP contribution >= 0.6 is 26.0 Å². The highest BCUT2D eigenvalue weighted by Gasteiger charge is 2.56. The first-order valence-electron chi connectivity index (χ1n) is 38.4. The second-order valence-corrected chi connectivity index (χ2v) is 34.2. The largest absolute Gasteiger partial charge is 0.494 e. The van der Waals surface area contributed by atoms with E-state index in [1.54, 1.807) is 36.4 Å². The number of benzene rings is 3. The number of alkyl carbamates (subject to hydrolysis) is 1. The zero-order chi connectivity index (χ0) is 84.4. The summed E-state index contributed by atoms with van der Waals surface area (Å²) in [7, 11) is -5.30. The number of carbonyl (C=O) groups excluding carboxylic acids is 6. The molecule has 0 bridgehead atoms. The molecule has 11 rings (SSSR count). The Kier molecular flexibility index (Phi) is 31.6. The Morgan fingerprint density at radius 1 is 0.720 bits per heavy atom. The van der Waals surface area contributed by atoms with Gasteiger partial charge in [0, 0.05) is 56.9 Å². The first kappa shape index (κ1) is 89.6. The van der Waals surface area contributed by atoms with Crippen molar-refractivity contribution in [3.05, 3.63) is 129 Å². The number of fused-ring (bicyclic) bond motifs is 3. The molecule has 5 saturated heterocycles. The van der Waals surface area contributed by atoms with Crippen LogP contribution in [0.25, 0.3) is 11.2 Å². The number of rotatable bonds is 37. The third-order valence-electron chi connectivity index (χ3n) is 19.8. The van der Waals surface area contributed by atoms with E-state index in [1.165, 1.54) is 35.2 Å². The molecule has 12 N–H and O–H groups in total. The average molecular weight is 1720 g/mol. The molecule has 118 heavy (non-hydrogen) atoms. The summed E-state index contributed by atoms with van der Waals surface area (Å²) in [6, 6.07) is 16.9. The summed E-state index contributed by atoms with van der Waals surface area (Å²) in [5, 5.41) is 52.3. The average Bonchev–Trinajstić information content (AvgIpc) is 1.59. The molecule has 0 aliphatic carbocycles. The van der Waals surface area contributed by atoms with E-state index in [-0.39, 0.29) is 102 Å². The van der Waals surface area contributed by atoms with Crippen molar-refractivity contribution >= 4 is 90.3 Å². The number of H-pyrrole nitrogens is 1. The van der Waals surface area contributed by atoms with Crippen molar-refractivity contribution < 1.29 is 128 Å². The minimum absolute atomic E-state index is 0.0262. The first-order chi connectivity index (χ1) is 56.5. The number of esters is 1. The summed E-state index contributed by atoms with van der Waals surface area (Å²) in [4.78, 5) is 139. The van der Waals surface area contributed by atoms with Gasteiger partial charge >= 0.3 is 38.3 Å². The maximum atomic E-state index is 16.7. The van der Waals surface area contributed by atoms with Crippen LogP contribution in [0.2, 0.25) is 0 Å². The van der Waals surface area contributed by atoms with E-state index >= 15 is 13.3 Å². The molecule has 0 spiro atoms. The molecule has 5 aliphatic rings. The topological polar surface area (TPSA) is 532 Å². The van der Waals surface area contributed by atoms with Gasteiger partial charge in [0.1, 0.15) is 78.4 Å². The standard InChI is InChI=1S/C74H94F2N12O27P2S/c1-41(2)57(78-28-11-9-12-31-86-53(91)24-25-54(86)92)67(96)79-30-26-51(89)84-47-34-43(16-23-48(47)112-72-61(95)59(93)60(94)64(113-72)70(97)98)35-106-74(101)80-29-10-7-5-3-4-6-8-13-33-105-45-21-17-44(18-22-45)71(99)109-46-19-14-42(15-20-46)38-118-117(104)108-37-50-62(55(75)69(111-50)88-40-83-58-65(77)81-39-82-66(58)88)114-116(102,103)107-36-49-63(115-117)56(76)68(110-49)87-32-27-52(90)85-73(87)100/h14-23,27,32,34,39-41,49-50,55-57,59-64,68-69,72,78,93-95H,3-13,24-26,28-31,33,35-38H2,1-2H3,(H,79,96)(H,80,101)(H,84,89)(H,97,98)(H,102,103)(H2,77,81,82)(H,85,90,100)/t49-,50-,55-,56-,57+,59+,60+,61-,62-,63-,64+,68-,69-,72+,117?/m1/s1. The molecule has 6 aromatic rings. The molecule has 5 amide bonds. The van der Waals surface area contributed by atoms with Crippen LogP contribution in [-0.2, 0) is 82.5 Å². The van der Waals surface area contributed by atoms with Crippen molar-refractivity contribution in [1.29, 1.82) is 0 Å². The van der Waals surface area contributed by atoms with Gasteiger partial charge in [-0.3, -0.25) is 61.1 Å². The van der Waals surface area contributed by atoms with Gasteiger partial charge in [-0.1, -0.05) is 77.0 Å². The molecular weight excluding hydrogens is 1620 g/mol. The van der Waals surface area contributed by atoms with Gasteiger partial charge < -0.3 is 85.5 Å². The number of nitrogens with two attached hydrogens (primary N) is 1. The smallest absolute Gasteiger partial charge is 0.472 e. The molecule has 44 heteroatoms. The number of carbonyl (C=O) groups is 7. The van der Waals surface area contributed by atoms with E-state index in [9.17, 15) is 73.0 Å². The summed E-state index contributed by atoms with van der Waals surface area (Å²) in [5.41, 5.74) is 5.17. The van der Waals surface area contributed by atoms with Crippen molar-refractivity contribution in [1.82, 2.24) is 49.9 Å². The number of imide groups is 1. The monoisotopic (exact) mass is 1710 g/mol. The van der Waals surface area contributed by atoms with Crippen molar-refractivity contribution in [2.24, 2.45) is 5.92 Å². The molecule has 39 nitrogen and oxygen atoms in total. The zero-order valence-electron chi connectivity index (χ0n) is 64.1. The molecule has 3 aromatic carbocycles. The van der Waals surface area contributed by atoms with Gasteiger partial charge in [-0.2, -0.15) is 0 Å². The number of aliphatic hydroxyl groups excluding tert-OH is 3. The second kappa shape index (κ2) is 41.6. The Hall–Kier alpha value is -9.23. The Morgan fingerprint density at radius 2 is 1.36 bits per heavy atom. The number of nitrogens with one attached hydrogen (secondary N) is 5. The summed E-state index contributed by atoms with van der Waals surface area (Å²) in [5.74, 6) is -3.43. The maximum Gasteiger partial charge on any atom is 0.472 e. The highest BCUT2D eigenvalue weighted by molar-refractivity contribution is 8.54. The van der Waals surface area contributed by atoms with Crippen molar-refractivity contribution in [2.75, 3.05) is 57.1 Å². The minimum atomic E-state index is -5.30. The van der Waals surface area contributed by atoms with Gasteiger partial charge in [0.05, 0.1) is 43.4 Å². The number of amides is 5. The van der Waals surface area contributed by atoms with E-state index in [1.807, 2.05) is 18.8 Å². The number of aliphatic hydroxyl groups is 3. The Labute approximate surface area is 676 Å². The van der Waals surface area contributed by atoms with E-state index in [4.69, 9.17) is 57.0 Å². The number of nitrogens with zero attached hydrogens (tertiary/aromatic N) is 6. The summed E-state index contributed by atoms with van der Waals surface area (Å²) in [6.07, 6.45) is -13.3. The van der Waals surface area contributed by atoms with E-state index in [0.29, 0.717) is 78.3 Å². The Balaban J connectivity index is 0.579. The van der Waals surface area contributed by atoms with Crippen LogP contribution in [0.5, 0.6) is 17.2 Å². The molecule has 2 unspecified atom stereocenters. The van der Waals surface area contributed by atoms with Crippen LogP contribution in [0.15, 0.2) is 101 Å². The number of phosphoric ester groups is 1. The molecule has 5 aliphatic heterocycles. The number of anilines is 2. The number of aromatic nitrogens is 6. The maximum absolute atomic E-state index is 16.7. The Bertz CT molecular complexity index is 4690. The fraction of sp³-hybridized carbons (Fsp3) is 0.541. The SMILES string of the molecule is CC(C)[C@H](NCCCCCN1C(=O)CCC1=O)C(=O)NCCC(=O)Nc1cc(COC(=O)NCCCCCCCCCCOc2ccc(C(=O)Oc3ccc(CSP4(=O)OC[C@H]5O[C@@H](n6cnc7c(N)ncnc76)[C@H](F)[C@@H]5OP(=O)(O)OC[C@H]5O[C@@H](n6ccc(=O)[nH]c6=O)[C@H](F)[C@@H]5O4)cc3)cc2)ccc1O[C@H]1O[C@H](C(=O)O)[C@@H](O)[C@H](O)[C@H]1O. The number of likely N-dealkylation sites (tertiary alicyclic amines) is 1. The van der Waals surface area contributed by atoms with E-state index < -0.39 is 149 Å². The van der Waals surface area contributed by atoms with Gasteiger partial charge in [-0.25, -0.2) is 52.0 Å². The van der Waals surface area contributed by atoms with Crippen molar-refractivity contribution in [3.63, 3.8) is 0 Å². The van der Waals surface area contributed by atoms with Gasteiger partial charge in [-0.15, -0.1) is 0 Å². The van der Waals surface area contributed by atoms with Crippen LogP contribution in [0, 0.1) is 5.92 Å². The summed E-state index contributed by atoms with van der Waals surface area (Å²) in [6.45, 7) is -1.60. The summed E-state index contributed by atoms with van der Waals surface area (Å²) >= 11 is 0.557. The normalized spacial score (nSPS) is 26.2. The zero-order valence-corrected chi connectivity index (χ0v) is 66.7. The third kappa shape index (κ3) is 23.9.